The quantitative estimate of drug-likeness (QED) is 0.790. The van der Waals surface area contributed by atoms with Crippen LogP contribution in [-0.4, -0.2) is 62.0 Å². The second kappa shape index (κ2) is 8.90. The average Bonchev–Trinajstić information content (AvgIpc) is 3.11. The summed E-state index contributed by atoms with van der Waals surface area (Å²) in [6.45, 7) is 2.47. The molecule has 1 saturated heterocycles. The van der Waals surface area contributed by atoms with Crippen molar-refractivity contribution in [3.63, 3.8) is 0 Å². The summed E-state index contributed by atoms with van der Waals surface area (Å²) in [5.41, 5.74) is 0.883. The average molecular weight is 388 g/mol. The number of methoxy groups -OCH3 is 2. The van der Waals surface area contributed by atoms with Crippen LogP contribution < -0.4 is 9.47 Å². The van der Waals surface area contributed by atoms with Gasteiger partial charge in [-0.1, -0.05) is 12.1 Å². The highest BCUT2D eigenvalue weighted by molar-refractivity contribution is 7.12. The van der Waals surface area contributed by atoms with E-state index in [1.54, 1.807) is 14.2 Å². The molecule has 1 aliphatic heterocycles. The van der Waals surface area contributed by atoms with Gasteiger partial charge in [0.05, 0.1) is 25.5 Å². The van der Waals surface area contributed by atoms with Crippen LogP contribution >= 0.6 is 11.3 Å². The summed E-state index contributed by atoms with van der Waals surface area (Å²) in [6, 6.07) is 9.25. The van der Waals surface area contributed by atoms with Gasteiger partial charge in [-0.05, 0) is 35.6 Å². The number of hydrogen-bond acceptors (Lipinski definition) is 5. The van der Waals surface area contributed by atoms with E-state index in [0.717, 1.165) is 16.9 Å². The number of rotatable bonds is 5. The van der Waals surface area contributed by atoms with Gasteiger partial charge in [-0.2, -0.15) is 0 Å². The smallest absolute Gasteiger partial charge is 0.263 e. The molecule has 0 N–H and O–H groups in total. The van der Waals surface area contributed by atoms with E-state index < -0.39 is 0 Å². The lowest BCUT2D eigenvalue weighted by Gasteiger charge is -2.22. The topological polar surface area (TPSA) is 59.1 Å². The van der Waals surface area contributed by atoms with E-state index in [0.29, 0.717) is 44.1 Å². The molecular weight excluding hydrogens is 364 g/mol. The molecule has 0 radical (unpaired) electrons. The summed E-state index contributed by atoms with van der Waals surface area (Å²) in [7, 11) is 3.17. The van der Waals surface area contributed by atoms with Crippen LogP contribution in [0.3, 0.4) is 0 Å². The van der Waals surface area contributed by atoms with E-state index >= 15 is 0 Å². The maximum absolute atomic E-state index is 12.7. The fourth-order valence-electron chi connectivity index (χ4n) is 3.20. The van der Waals surface area contributed by atoms with Crippen LogP contribution in [0.25, 0.3) is 0 Å². The van der Waals surface area contributed by atoms with Gasteiger partial charge in [0.15, 0.2) is 11.5 Å². The van der Waals surface area contributed by atoms with Gasteiger partial charge in [0, 0.05) is 26.2 Å². The first-order chi connectivity index (χ1) is 13.1. The molecular formula is C20H24N2O4S. The van der Waals surface area contributed by atoms with Gasteiger partial charge in [0.1, 0.15) is 0 Å². The molecule has 0 bridgehead atoms. The summed E-state index contributed by atoms with van der Waals surface area (Å²) in [4.78, 5) is 29.7. The molecule has 0 atom stereocenters. The Hall–Kier alpha value is -2.54. The standard InChI is InChI=1S/C20H24N2O4S/c1-25-16-7-6-15(13-17(16)26-2)14-19(23)21-8-4-9-22(11-10-21)20(24)18-5-3-12-27-18/h3,5-7,12-13H,4,8-11,14H2,1-2H3. The van der Waals surface area contributed by atoms with Gasteiger partial charge in [-0.25, -0.2) is 0 Å². The lowest BCUT2D eigenvalue weighted by Crippen LogP contribution is -2.37. The number of carbonyl (C=O) groups excluding carboxylic acids is 2. The molecule has 3 rings (SSSR count). The molecule has 1 aromatic carbocycles. The van der Waals surface area contributed by atoms with Gasteiger partial charge in [0.2, 0.25) is 5.91 Å². The van der Waals surface area contributed by atoms with Crippen LogP contribution in [0.15, 0.2) is 35.7 Å². The summed E-state index contributed by atoms with van der Waals surface area (Å²) >= 11 is 1.45. The Morgan fingerprint density at radius 3 is 2.44 bits per heavy atom. The second-order valence-corrected chi connectivity index (χ2v) is 7.32. The number of ether oxygens (including phenoxy) is 2. The van der Waals surface area contributed by atoms with Gasteiger partial charge in [0.25, 0.3) is 5.91 Å². The molecule has 0 spiro atoms. The zero-order valence-electron chi connectivity index (χ0n) is 15.6. The van der Waals surface area contributed by atoms with Crippen LogP contribution in [-0.2, 0) is 11.2 Å². The Bertz CT molecular complexity index is 791. The van der Waals surface area contributed by atoms with E-state index in [-0.39, 0.29) is 11.8 Å². The fraction of sp³-hybridized carbons (Fsp3) is 0.400. The Morgan fingerprint density at radius 1 is 1.00 bits per heavy atom. The minimum atomic E-state index is 0.0548. The van der Waals surface area contributed by atoms with Crippen molar-refractivity contribution >= 4 is 23.2 Å². The summed E-state index contributed by atoms with van der Waals surface area (Å²) in [5.74, 6) is 1.38. The first-order valence-corrected chi connectivity index (χ1v) is 9.82. The monoisotopic (exact) mass is 388 g/mol. The van der Waals surface area contributed by atoms with E-state index in [1.807, 2.05) is 45.5 Å². The van der Waals surface area contributed by atoms with Crippen molar-refractivity contribution < 1.29 is 19.1 Å². The largest absolute Gasteiger partial charge is 0.493 e. The highest BCUT2D eigenvalue weighted by Crippen LogP contribution is 2.28. The third-order valence-corrected chi connectivity index (χ3v) is 5.53. The summed E-state index contributed by atoms with van der Waals surface area (Å²) < 4.78 is 10.5. The molecule has 2 amide bonds. The Labute approximate surface area is 163 Å². The molecule has 1 aliphatic rings. The zero-order chi connectivity index (χ0) is 19.2. The highest BCUT2D eigenvalue weighted by atomic mass is 32.1. The number of amides is 2. The molecule has 0 saturated carbocycles. The normalized spacial score (nSPS) is 14.6. The van der Waals surface area contributed by atoms with Crippen LogP contribution in [0.4, 0.5) is 0 Å². The Kier molecular flexibility index (Phi) is 6.34. The van der Waals surface area contributed by atoms with Crippen molar-refractivity contribution in [1.82, 2.24) is 9.80 Å². The van der Waals surface area contributed by atoms with Crippen molar-refractivity contribution in [2.45, 2.75) is 12.8 Å². The predicted octanol–water partition coefficient (Wildman–Crippen LogP) is 2.68. The minimum Gasteiger partial charge on any atom is -0.493 e. The van der Waals surface area contributed by atoms with Gasteiger partial charge >= 0.3 is 0 Å². The molecule has 0 aliphatic carbocycles. The number of hydrogen-bond donors (Lipinski definition) is 0. The van der Waals surface area contributed by atoms with Crippen molar-refractivity contribution in [2.24, 2.45) is 0 Å². The lowest BCUT2D eigenvalue weighted by atomic mass is 10.1. The molecule has 1 aromatic heterocycles. The first-order valence-electron chi connectivity index (χ1n) is 8.94. The molecule has 1 fully saturated rings. The number of benzene rings is 1. The van der Waals surface area contributed by atoms with Crippen molar-refractivity contribution in [1.29, 1.82) is 0 Å². The van der Waals surface area contributed by atoms with Gasteiger partial charge in [-0.3, -0.25) is 9.59 Å². The third-order valence-electron chi connectivity index (χ3n) is 4.67. The highest BCUT2D eigenvalue weighted by Gasteiger charge is 2.23. The van der Waals surface area contributed by atoms with Crippen molar-refractivity contribution in [3.8, 4) is 11.5 Å². The second-order valence-electron chi connectivity index (χ2n) is 6.37. The van der Waals surface area contributed by atoms with Crippen LogP contribution in [0.5, 0.6) is 11.5 Å². The summed E-state index contributed by atoms with van der Waals surface area (Å²) in [5, 5.41) is 1.91. The van der Waals surface area contributed by atoms with E-state index in [1.165, 1.54) is 11.3 Å². The van der Waals surface area contributed by atoms with Crippen LogP contribution in [0.1, 0.15) is 21.7 Å². The molecule has 2 heterocycles. The molecule has 27 heavy (non-hydrogen) atoms. The van der Waals surface area contributed by atoms with Crippen molar-refractivity contribution in [2.75, 3.05) is 40.4 Å². The molecule has 6 nitrogen and oxygen atoms in total. The molecule has 144 valence electrons. The fourth-order valence-corrected chi connectivity index (χ4v) is 3.89. The molecule has 7 heteroatoms. The van der Waals surface area contributed by atoms with E-state index in [4.69, 9.17) is 9.47 Å². The lowest BCUT2D eigenvalue weighted by molar-refractivity contribution is -0.130. The van der Waals surface area contributed by atoms with Crippen LogP contribution in [0, 0.1) is 0 Å². The SMILES string of the molecule is COc1ccc(CC(=O)N2CCCN(C(=O)c3cccs3)CC2)cc1OC. The number of nitrogens with zero attached hydrogens (tertiary/aromatic N) is 2. The van der Waals surface area contributed by atoms with Crippen LogP contribution in [0.2, 0.25) is 0 Å². The molecule has 2 aromatic rings. The van der Waals surface area contributed by atoms with Gasteiger partial charge in [-0.15, -0.1) is 11.3 Å². The predicted molar refractivity (Wildman–Crippen MR) is 105 cm³/mol. The zero-order valence-corrected chi connectivity index (χ0v) is 16.5. The summed E-state index contributed by atoms with van der Waals surface area (Å²) in [6.07, 6.45) is 1.09. The molecule has 0 unspecified atom stereocenters. The van der Waals surface area contributed by atoms with E-state index in [9.17, 15) is 9.59 Å². The Balaban J connectivity index is 1.60. The maximum Gasteiger partial charge on any atom is 0.263 e. The van der Waals surface area contributed by atoms with Gasteiger partial charge < -0.3 is 19.3 Å². The first kappa shape index (κ1) is 19.2. The Morgan fingerprint density at radius 2 is 1.74 bits per heavy atom. The maximum atomic E-state index is 12.7. The number of thiophene rings is 1. The van der Waals surface area contributed by atoms with E-state index in [2.05, 4.69) is 0 Å². The van der Waals surface area contributed by atoms with Crippen molar-refractivity contribution in [3.05, 3.63) is 46.2 Å². The number of carbonyl (C=O) groups is 2. The third kappa shape index (κ3) is 4.60. The minimum absolute atomic E-state index is 0.0548.